The molecule has 0 saturated carbocycles. The molecule has 3 nitrogen and oxygen atoms in total. The van der Waals surface area contributed by atoms with Crippen LogP contribution in [-0.4, -0.2) is 15.0 Å². The summed E-state index contributed by atoms with van der Waals surface area (Å²) in [7, 11) is 0. The number of benzene rings is 7. The van der Waals surface area contributed by atoms with Gasteiger partial charge in [0.2, 0.25) is 0 Å². The SMILES string of the molecule is [2H]C([2H])(c1ccnc(-c2ccc(-c3ccccc3-c3cc(CCc4ccc(-c5ccccn5)cc4)cc(CCc4ccc(-c5ccccn5)cc4)c3)c(-c3ccc(-c4ccccc4)cc3)c2)c1)C(C)(C)C. The molecule has 0 N–H and O–H groups in total. The first kappa shape index (κ1) is 42.4. The lowest BCUT2D eigenvalue weighted by atomic mass is 9.86. The summed E-state index contributed by atoms with van der Waals surface area (Å²) in [4.78, 5) is 13.9. The molecule has 0 spiro atoms. The Hall–Kier alpha value is -8.01. The number of hydrogen-bond donors (Lipinski definition) is 0. The molecule has 10 aromatic rings. The molecule has 3 heterocycles. The van der Waals surface area contributed by atoms with Crippen LogP contribution in [-0.2, 0) is 32.1 Å². The van der Waals surface area contributed by atoms with Gasteiger partial charge in [0.05, 0.1) is 17.1 Å². The third kappa shape index (κ3) is 11.1. The summed E-state index contributed by atoms with van der Waals surface area (Å²) in [5.41, 5.74) is 20.2. The van der Waals surface area contributed by atoms with Crippen molar-refractivity contribution >= 4 is 0 Å². The van der Waals surface area contributed by atoms with Crippen LogP contribution in [0.15, 0.2) is 231 Å². The Morgan fingerprint density at radius 2 is 0.783 bits per heavy atom. The summed E-state index contributed by atoms with van der Waals surface area (Å²) < 4.78 is 18.2. The first-order valence-electron chi connectivity index (χ1n) is 25.1. The zero-order chi connectivity index (χ0) is 48.8. The Balaban J connectivity index is 1.04. The largest absolute Gasteiger partial charge is 0.256 e. The standard InChI is InChI=1S/C66H57N3/c1-66(2,3)46-51-37-40-69-65(44-51)57-35-36-61(62(45-57)54-33-31-53(32-34-54)52-13-5-4-6-14-52)60-16-8-7-15-59(60)58-42-49(21-19-47-23-27-55(28-24-47)63-17-9-11-38-67-63)41-50(43-58)22-20-48-25-29-56(30-26-48)64-18-10-12-39-68-64/h4-18,23-45H,19-22,46H2,1-3H3/i46D2. The third-order valence-electron chi connectivity index (χ3n) is 12.7. The number of hydrogen-bond acceptors (Lipinski definition) is 3. The van der Waals surface area contributed by atoms with E-state index in [2.05, 4.69) is 180 Å². The van der Waals surface area contributed by atoms with Crippen molar-refractivity contribution in [3.63, 3.8) is 0 Å². The molecule has 10 rings (SSSR count). The van der Waals surface area contributed by atoms with Gasteiger partial charge in [-0.05, 0) is 152 Å². The second-order valence-electron chi connectivity index (χ2n) is 18.9. The number of aryl methyl sites for hydroxylation is 4. The molecule has 0 fully saturated rings. The molecule has 336 valence electrons. The van der Waals surface area contributed by atoms with Gasteiger partial charge < -0.3 is 0 Å². The molecular formula is C66H57N3. The van der Waals surface area contributed by atoms with Gasteiger partial charge in [-0.1, -0.05) is 191 Å². The van der Waals surface area contributed by atoms with Gasteiger partial charge in [0, 0.05) is 38.0 Å². The van der Waals surface area contributed by atoms with Gasteiger partial charge in [-0.2, -0.15) is 0 Å². The average molecular weight is 894 g/mol. The van der Waals surface area contributed by atoms with E-state index in [4.69, 9.17) is 7.73 Å². The predicted molar refractivity (Wildman–Crippen MR) is 289 cm³/mol. The topological polar surface area (TPSA) is 38.7 Å². The van der Waals surface area contributed by atoms with Crippen LogP contribution in [0.25, 0.3) is 78.3 Å². The van der Waals surface area contributed by atoms with Crippen molar-refractivity contribution in [2.75, 3.05) is 0 Å². The first-order chi connectivity index (χ1) is 34.6. The molecule has 0 aliphatic rings. The summed E-state index contributed by atoms with van der Waals surface area (Å²) in [6.07, 6.45) is 7.51. The van der Waals surface area contributed by atoms with E-state index in [1.54, 1.807) is 6.20 Å². The summed E-state index contributed by atoms with van der Waals surface area (Å²) >= 11 is 0. The molecule has 0 amide bonds. The van der Waals surface area contributed by atoms with E-state index in [0.717, 1.165) is 87.3 Å². The Morgan fingerprint density at radius 1 is 0.304 bits per heavy atom. The van der Waals surface area contributed by atoms with Crippen molar-refractivity contribution in [2.24, 2.45) is 5.41 Å². The van der Waals surface area contributed by atoms with E-state index in [-0.39, 0.29) is 0 Å². The van der Waals surface area contributed by atoms with Crippen molar-refractivity contribution in [1.82, 2.24) is 15.0 Å². The minimum absolute atomic E-state index is 0.597. The molecule has 7 aromatic carbocycles. The quantitative estimate of drug-likeness (QED) is 0.109. The Morgan fingerprint density at radius 3 is 1.36 bits per heavy atom. The maximum atomic E-state index is 9.08. The van der Waals surface area contributed by atoms with Crippen molar-refractivity contribution in [1.29, 1.82) is 0 Å². The lowest BCUT2D eigenvalue weighted by molar-refractivity contribution is 0.411. The maximum Gasteiger partial charge on any atom is 0.0704 e. The molecular weight excluding hydrogens is 835 g/mol. The smallest absolute Gasteiger partial charge is 0.0704 e. The molecule has 3 heteroatoms. The van der Waals surface area contributed by atoms with Crippen LogP contribution in [0.1, 0.15) is 51.3 Å². The molecule has 0 radical (unpaired) electrons. The average Bonchev–Trinajstić information content (AvgIpc) is 3.42. The number of pyridine rings is 3. The van der Waals surface area contributed by atoms with Gasteiger partial charge in [0.15, 0.2) is 0 Å². The van der Waals surface area contributed by atoms with E-state index >= 15 is 0 Å². The number of aromatic nitrogens is 3. The van der Waals surface area contributed by atoms with E-state index in [9.17, 15) is 0 Å². The van der Waals surface area contributed by atoms with Crippen LogP contribution >= 0.6 is 0 Å². The van der Waals surface area contributed by atoms with Crippen molar-refractivity contribution in [3.8, 4) is 78.3 Å². The monoisotopic (exact) mass is 893 g/mol. The van der Waals surface area contributed by atoms with Crippen LogP contribution in [0, 0.1) is 5.41 Å². The summed E-state index contributed by atoms with van der Waals surface area (Å²) in [5, 5.41) is 0. The predicted octanol–water partition coefficient (Wildman–Crippen LogP) is 16.7. The van der Waals surface area contributed by atoms with Gasteiger partial charge in [-0.15, -0.1) is 0 Å². The van der Waals surface area contributed by atoms with Crippen LogP contribution in [0.5, 0.6) is 0 Å². The van der Waals surface area contributed by atoms with E-state index in [1.807, 2.05) is 75.6 Å². The fourth-order valence-corrected chi connectivity index (χ4v) is 9.25. The summed E-state index contributed by atoms with van der Waals surface area (Å²) in [5.74, 6) is 0. The van der Waals surface area contributed by atoms with Crippen LogP contribution in [0.4, 0.5) is 0 Å². The Labute approximate surface area is 411 Å². The minimum Gasteiger partial charge on any atom is -0.256 e. The van der Waals surface area contributed by atoms with Crippen molar-refractivity contribution in [2.45, 2.75) is 52.8 Å². The molecule has 0 bridgehead atoms. The van der Waals surface area contributed by atoms with Gasteiger partial charge in [0.25, 0.3) is 0 Å². The zero-order valence-corrected chi connectivity index (χ0v) is 39.6. The maximum absolute atomic E-state index is 9.08. The lowest BCUT2D eigenvalue weighted by Gasteiger charge is -2.19. The number of nitrogens with zero attached hydrogens (tertiary/aromatic N) is 3. The molecule has 0 atom stereocenters. The summed E-state index contributed by atoms with van der Waals surface area (Å²) in [6, 6.07) is 75.5. The van der Waals surface area contributed by atoms with Crippen molar-refractivity contribution < 1.29 is 2.74 Å². The highest BCUT2D eigenvalue weighted by Crippen LogP contribution is 2.41. The highest BCUT2D eigenvalue weighted by molar-refractivity contribution is 5.94. The molecule has 3 aromatic heterocycles. The second-order valence-corrected chi connectivity index (χ2v) is 18.9. The molecule has 0 saturated heterocycles. The Bertz CT molecular complexity index is 3280. The molecule has 0 aliphatic heterocycles. The van der Waals surface area contributed by atoms with Crippen LogP contribution < -0.4 is 0 Å². The second kappa shape index (κ2) is 20.5. The summed E-state index contributed by atoms with van der Waals surface area (Å²) in [6.45, 7) is 5.84. The van der Waals surface area contributed by atoms with Crippen LogP contribution in [0.2, 0.25) is 0 Å². The lowest BCUT2D eigenvalue weighted by Crippen LogP contribution is -2.09. The van der Waals surface area contributed by atoms with Gasteiger partial charge >= 0.3 is 0 Å². The highest BCUT2D eigenvalue weighted by atomic mass is 14.7. The Kier molecular flexibility index (Phi) is 12.6. The zero-order valence-electron chi connectivity index (χ0n) is 41.6. The normalized spacial score (nSPS) is 12.0. The molecule has 0 unspecified atom stereocenters. The van der Waals surface area contributed by atoms with Gasteiger partial charge in [-0.25, -0.2) is 0 Å². The molecule has 0 aliphatic carbocycles. The fraction of sp³-hybridized carbons (Fsp3) is 0.136. The fourth-order valence-electron chi connectivity index (χ4n) is 9.25. The highest BCUT2D eigenvalue weighted by Gasteiger charge is 2.18. The van der Waals surface area contributed by atoms with Gasteiger partial charge in [0.1, 0.15) is 0 Å². The minimum atomic E-state index is -1.55. The van der Waals surface area contributed by atoms with E-state index in [1.165, 1.54) is 38.9 Å². The molecule has 69 heavy (non-hydrogen) atoms. The van der Waals surface area contributed by atoms with Gasteiger partial charge in [-0.3, -0.25) is 15.0 Å². The first-order valence-corrected chi connectivity index (χ1v) is 24.1. The third-order valence-corrected chi connectivity index (χ3v) is 12.7. The van der Waals surface area contributed by atoms with Crippen molar-refractivity contribution in [3.05, 3.63) is 259 Å². The van der Waals surface area contributed by atoms with E-state index < -0.39 is 11.8 Å². The van der Waals surface area contributed by atoms with Crippen LogP contribution in [0.3, 0.4) is 0 Å². The number of rotatable bonds is 14. The van der Waals surface area contributed by atoms with E-state index in [0.29, 0.717) is 5.56 Å².